The summed E-state index contributed by atoms with van der Waals surface area (Å²) in [6, 6.07) is 0. The van der Waals surface area contributed by atoms with Crippen LogP contribution < -0.4 is 0 Å². The molecule has 4 nitrogen and oxygen atoms in total. The quantitative estimate of drug-likeness (QED) is 0.814. The Morgan fingerprint density at radius 2 is 2.06 bits per heavy atom. The summed E-state index contributed by atoms with van der Waals surface area (Å²) in [6.07, 6.45) is 7.67. The van der Waals surface area contributed by atoms with Crippen molar-refractivity contribution in [3.05, 3.63) is 11.1 Å². The Balaban J connectivity index is 1.78. The first-order valence-corrected chi connectivity index (χ1v) is 6.88. The molecule has 0 radical (unpaired) electrons. The Hall–Kier alpha value is -0.610. The summed E-state index contributed by atoms with van der Waals surface area (Å²) in [5, 5.41) is 8.37. The van der Waals surface area contributed by atoms with E-state index in [2.05, 4.69) is 17.1 Å². The second-order valence-electron chi connectivity index (χ2n) is 4.52. The Labute approximate surface area is 107 Å². The van der Waals surface area contributed by atoms with Crippen LogP contribution in [0, 0.1) is 0 Å². The SMILES string of the molecule is CCc1nnc(Cl)n1CCOC1CCCCC1. The van der Waals surface area contributed by atoms with Crippen LogP contribution in [0.3, 0.4) is 0 Å². The van der Waals surface area contributed by atoms with Gasteiger partial charge in [-0.3, -0.25) is 4.57 Å². The molecule has 0 aromatic carbocycles. The van der Waals surface area contributed by atoms with Crippen LogP contribution in [0.15, 0.2) is 0 Å². The number of aryl methyl sites for hydroxylation is 1. The molecule has 17 heavy (non-hydrogen) atoms. The van der Waals surface area contributed by atoms with Crippen molar-refractivity contribution in [1.29, 1.82) is 0 Å². The topological polar surface area (TPSA) is 39.9 Å². The molecule has 5 heteroatoms. The highest BCUT2D eigenvalue weighted by atomic mass is 35.5. The first kappa shape index (κ1) is 12.8. The summed E-state index contributed by atoms with van der Waals surface area (Å²) >= 11 is 5.98. The number of ether oxygens (including phenoxy) is 1. The molecular formula is C12H20ClN3O. The number of rotatable bonds is 5. The molecule has 2 rings (SSSR count). The van der Waals surface area contributed by atoms with Crippen molar-refractivity contribution >= 4 is 11.6 Å². The molecule has 0 amide bonds. The number of halogens is 1. The van der Waals surface area contributed by atoms with E-state index >= 15 is 0 Å². The van der Waals surface area contributed by atoms with Crippen LogP contribution in [-0.2, 0) is 17.7 Å². The highest BCUT2D eigenvalue weighted by Crippen LogP contribution is 2.20. The molecule has 1 aromatic heterocycles. The molecule has 0 N–H and O–H groups in total. The van der Waals surface area contributed by atoms with Gasteiger partial charge in [0.15, 0.2) is 0 Å². The second-order valence-corrected chi connectivity index (χ2v) is 4.86. The zero-order chi connectivity index (χ0) is 12.1. The number of nitrogens with zero attached hydrogens (tertiary/aromatic N) is 3. The van der Waals surface area contributed by atoms with Gasteiger partial charge in [0.1, 0.15) is 5.82 Å². The Morgan fingerprint density at radius 3 is 2.76 bits per heavy atom. The van der Waals surface area contributed by atoms with E-state index in [0.717, 1.165) is 18.8 Å². The van der Waals surface area contributed by atoms with Crippen molar-refractivity contribution in [2.75, 3.05) is 6.61 Å². The van der Waals surface area contributed by atoms with E-state index in [-0.39, 0.29) is 0 Å². The third-order valence-electron chi connectivity index (χ3n) is 3.32. The van der Waals surface area contributed by atoms with Gasteiger partial charge in [0.05, 0.1) is 19.3 Å². The monoisotopic (exact) mass is 257 g/mol. The third-order valence-corrected chi connectivity index (χ3v) is 3.60. The Bertz CT molecular complexity index is 348. The summed E-state index contributed by atoms with van der Waals surface area (Å²) < 4.78 is 7.81. The fourth-order valence-electron chi connectivity index (χ4n) is 2.34. The van der Waals surface area contributed by atoms with E-state index in [0.29, 0.717) is 18.0 Å². The maximum Gasteiger partial charge on any atom is 0.225 e. The van der Waals surface area contributed by atoms with E-state index in [1.54, 1.807) is 0 Å². The molecule has 0 bridgehead atoms. The number of hydrogen-bond acceptors (Lipinski definition) is 3. The summed E-state index contributed by atoms with van der Waals surface area (Å²) in [6.45, 7) is 3.51. The highest BCUT2D eigenvalue weighted by Gasteiger charge is 2.14. The Morgan fingerprint density at radius 1 is 1.29 bits per heavy atom. The van der Waals surface area contributed by atoms with Crippen LogP contribution >= 0.6 is 11.6 Å². The van der Waals surface area contributed by atoms with Gasteiger partial charge >= 0.3 is 0 Å². The minimum Gasteiger partial charge on any atom is -0.376 e. The van der Waals surface area contributed by atoms with Gasteiger partial charge in [-0.25, -0.2) is 0 Å². The van der Waals surface area contributed by atoms with Gasteiger partial charge < -0.3 is 4.74 Å². The second kappa shape index (κ2) is 6.36. The van der Waals surface area contributed by atoms with Crippen LogP contribution in [0.5, 0.6) is 0 Å². The van der Waals surface area contributed by atoms with E-state index in [1.165, 1.54) is 32.1 Å². The van der Waals surface area contributed by atoms with Crippen molar-refractivity contribution < 1.29 is 4.74 Å². The standard InChI is InChI=1S/C12H20ClN3O/c1-2-11-14-15-12(13)16(11)8-9-17-10-6-4-3-5-7-10/h10H,2-9H2,1H3. The molecule has 1 aromatic rings. The average Bonchev–Trinajstić information content (AvgIpc) is 2.72. The Kier molecular flexibility index (Phi) is 4.80. The van der Waals surface area contributed by atoms with Crippen LogP contribution in [0.2, 0.25) is 5.28 Å². The first-order valence-electron chi connectivity index (χ1n) is 6.50. The van der Waals surface area contributed by atoms with Crippen molar-refractivity contribution in [3.63, 3.8) is 0 Å². The zero-order valence-corrected chi connectivity index (χ0v) is 11.1. The predicted octanol–water partition coefficient (Wildman–Crippen LogP) is 2.84. The molecule has 1 aliphatic rings. The largest absolute Gasteiger partial charge is 0.376 e. The zero-order valence-electron chi connectivity index (χ0n) is 10.4. The van der Waals surface area contributed by atoms with Crippen molar-refractivity contribution in [2.45, 2.75) is 58.1 Å². The van der Waals surface area contributed by atoms with Crippen LogP contribution in [-0.4, -0.2) is 27.5 Å². The third kappa shape index (κ3) is 3.42. The van der Waals surface area contributed by atoms with Gasteiger partial charge in [0.2, 0.25) is 5.28 Å². The van der Waals surface area contributed by atoms with Gasteiger partial charge in [-0.2, -0.15) is 0 Å². The fraction of sp³-hybridized carbons (Fsp3) is 0.833. The summed E-state index contributed by atoms with van der Waals surface area (Å²) in [4.78, 5) is 0. The average molecular weight is 258 g/mol. The molecule has 0 atom stereocenters. The lowest BCUT2D eigenvalue weighted by Gasteiger charge is -2.22. The van der Waals surface area contributed by atoms with Gasteiger partial charge in [0, 0.05) is 6.42 Å². The molecule has 96 valence electrons. The van der Waals surface area contributed by atoms with Gasteiger partial charge in [-0.05, 0) is 24.4 Å². The lowest BCUT2D eigenvalue weighted by Crippen LogP contribution is -2.19. The van der Waals surface area contributed by atoms with Crippen molar-refractivity contribution in [3.8, 4) is 0 Å². The normalized spacial score (nSPS) is 17.5. The van der Waals surface area contributed by atoms with E-state index in [1.807, 2.05) is 4.57 Å². The van der Waals surface area contributed by atoms with Gasteiger partial charge in [-0.15, -0.1) is 10.2 Å². The molecule has 1 heterocycles. The summed E-state index contributed by atoms with van der Waals surface area (Å²) in [5.74, 6) is 0.933. The number of hydrogen-bond donors (Lipinski definition) is 0. The molecule has 1 saturated carbocycles. The maximum absolute atomic E-state index is 5.98. The summed E-state index contributed by atoms with van der Waals surface area (Å²) in [7, 11) is 0. The molecule has 1 aliphatic carbocycles. The van der Waals surface area contributed by atoms with Crippen molar-refractivity contribution in [1.82, 2.24) is 14.8 Å². The molecule has 0 saturated heterocycles. The van der Waals surface area contributed by atoms with E-state index < -0.39 is 0 Å². The fourth-order valence-corrected chi connectivity index (χ4v) is 2.56. The van der Waals surface area contributed by atoms with Crippen LogP contribution in [0.1, 0.15) is 44.9 Å². The molecular weight excluding hydrogens is 238 g/mol. The lowest BCUT2D eigenvalue weighted by atomic mass is 9.98. The molecule has 1 fully saturated rings. The lowest BCUT2D eigenvalue weighted by molar-refractivity contribution is 0.0238. The maximum atomic E-state index is 5.98. The smallest absolute Gasteiger partial charge is 0.225 e. The van der Waals surface area contributed by atoms with Crippen LogP contribution in [0.4, 0.5) is 0 Å². The molecule has 0 unspecified atom stereocenters. The molecule has 0 spiro atoms. The molecule has 0 aliphatic heterocycles. The number of aromatic nitrogens is 3. The van der Waals surface area contributed by atoms with Crippen LogP contribution in [0.25, 0.3) is 0 Å². The highest BCUT2D eigenvalue weighted by molar-refractivity contribution is 6.28. The predicted molar refractivity (Wildman–Crippen MR) is 67.2 cm³/mol. The summed E-state index contributed by atoms with van der Waals surface area (Å²) in [5.41, 5.74) is 0. The van der Waals surface area contributed by atoms with Gasteiger partial charge in [0.25, 0.3) is 0 Å². The van der Waals surface area contributed by atoms with E-state index in [9.17, 15) is 0 Å². The van der Waals surface area contributed by atoms with E-state index in [4.69, 9.17) is 16.3 Å². The first-order chi connectivity index (χ1) is 8.31. The minimum absolute atomic E-state index is 0.448. The minimum atomic E-state index is 0.448. The van der Waals surface area contributed by atoms with Crippen molar-refractivity contribution in [2.24, 2.45) is 0 Å². The van der Waals surface area contributed by atoms with Gasteiger partial charge in [-0.1, -0.05) is 26.2 Å².